The minimum atomic E-state index is 0.117. The molecule has 3 nitrogen and oxygen atoms in total. The second kappa shape index (κ2) is 5.99. The molecule has 0 amide bonds. The van der Waals surface area contributed by atoms with Gasteiger partial charge < -0.3 is 10.1 Å². The maximum atomic E-state index is 6.16. The molecule has 2 saturated heterocycles. The highest BCUT2D eigenvalue weighted by Crippen LogP contribution is 2.39. The first kappa shape index (κ1) is 15.3. The van der Waals surface area contributed by atoms with Gasteiger partial charge in [0.1, 0.15) is 0 Å². The SMILES string of the molecule is Cc1nc2ccccc2c(NC2CCOC3(CCSC3)C2)c1C. The molecule has 1 N–H and O–H groups in total. The summed E-state index contributed by atoms with van der Waals surface area (Å²) in [5.41, 5.74) is 4.85. The van der Waals surface area contributed by atoms with Crippen LogP contribution in [0.3, 0.4) is 0 Å². The first-order valence-corrected chi connectivity index (χ1v) is 9.67. The van der Waals surface area contributed by atoms with Crippen LogP contribution in [0.1, 0.15) is 30.5 Å². The van der Waals surface area contributed by atoms with Gasteiger partial charge in [-0.1, -0.05) is 18.2 Å². The number of benzene rings is 1. The summed E-state index contributed by atoms with van der Waals surface area (Å²) < 4.78 is 6.16. The summed E-state index contributed by atoms with van der Waals surface area (Å²) in [7, 11) is 0. The fraction of sp³-hybridized carbons (Fsp3) is 0.526. The molecule has 2 aliphatic rings. The lowest BCUT2D eigenvalue weighted by Gasteiger charge is -2.38. The number of anilines is 1. The van der Waals surface area contributed by atoms with Gasteiger partial charge >= 0.3 is 0 Å². The molecule has 1 aromatic heterocycles. The van der Waals surface area contributed by atoms with E-state index in [1.165, 1.54) is 28.8 Å². The number of nitrogens with one attached hydrogen (secondary N) is 1. The molecule has 2 fully saturated rings. The second-order valence-corrected chi connectivity index (χ2v) is 7.99. The molecule has 0 bridgehead atoms. The Balaban J connectivity index is 1.66. The lowest BCUT2D eigenvalue weighted by Crippen LogP contribution is -2.44. The van der Waals surface area contributed by atoms with E-state index in [-0.39, 0.29) is 5.60 Å². The number of para-hydroxylation sites is 1. The van der Waals surface area contributed by atoms with Crippen LogP contribution in [0.25, 0.3) is 10.9 Å². The number of hydrogen-bond acceptors (Lipinski definition) is 4. The lowest BCUT2D eigenvalue weighted by atomic mass is 9.89. The topological polar surface area (TPSA) is 34.2 Å². The standard InChI is InChI=1S/C19H24N2OS/c1-13-14(2)20-17-6-4-3-5-16(17)18(13)21-15-7-9-22-19(11-15)8-10-23-12-19/h3-6,15H,7-12H2,1-2H3,(H,20,21). The zero-order valence-corrected chi connectivity index (χ0v) is 14.7. The highest BCUT2D eigenvalue weighted by atomic mass is 32.2. The van der Waals surface area contributed by atoms with Crippen molar-refractivity contribution in [2.24, 2.45) is 0 Å². The molecule has 0 saturated carbocycles. The molecule has 2 aliphatic heterocycles. The van der Waals surface area contributed by atoms with E-state index >= 15 is 0 Å². The number of nitrogens with zero attached hydrogens (tertiary/aromatic N) is 1. The van der Waals surface area contributed by atoms with Gasteiger partial charge in [-0.3, -0.25) is 4.98 Å². The van der Waals surface area contributed by atoms with Crippen LogP contribution in [0, 0.1) is 13.8 Å². The Morgan fingerprint density at radius 2 is 2.17 bits per heavy atom. The maximum Gasteiger partial charge on any atom is 0.0799 e. The molecule has 4 rings (SSSR count). The summed E-state index contributed by atoms with van der Waals surface area (Å²) in [6, 6.07) is 8.94. The quantitative estimate of drug-likeness (QED) is 0.890. The van der Waals surface area contributed by atoms with Crippen molar-refractivity contribution in [3.8, 4) is 0 Å². The van der Waals surface area contributed by atoms with E-state index in [9.17, 15) is 0 Å². The van der Waals surface area contributed by atoms with Crippen molar-refractivity contribution in [1.82, 2.24) is 4.98 Å². The Hall–Kier alpha value is -1.26. The molecule has 1 spiro atoms. The number of hydrogen-bond donors (Lipinski definition) is 1. The van der Waals surface area contributed by atoms with Crippen LogP contribution in [0.4, 0.5) is 5.69 Å². The van der Waals surface area contributed by atoms with Crippen LogP contribution in [0.2, 0.25) is 0 Å². The Bertz CT molecular complexity index is 725. The smallest absolute Gasteiger partial charge is 0.0799 e. The number of rotatable bonds is 2. The van der Waals surface area contributed by atoms with E-state index in [0.29, 0.717) is 6.04 Å². The highest BCUT2D eigenvalue weighted by molar-refractivity contribution is 7.99. The fourth-order valence-corrected chi connectivity index (χ4v) is 5.21. The third-order valence-electron chi connectivity index (χ3n) is 5.29. The van der Waals surface area contributed by atoms with Gasteiger partial charge in [-0.05, 0) is 50.5 Å². The minimum absolute atomic E-state index is 0.117. The van der Waals surface area contributed by atoms with E-state index in [4.69, 9.17) is 9.72 Å². The van der Waals surface area contributed by atoms with Crippen molar-refractivity contribution in [1.29, 1.82) is 0 Å². The Labute approximate surface area is 142 Å². The van der Waals surface area contributed by atoms with Crippen LogP contribution < -0.4 is 5.32 Å². The molecule has 3 heterocycles. The van der Waals surface area contributed by atoms with Crippen molar-refractivity contribution in [2.75, 3.05) is 23.4 Å². The first-order valence-electron chi connectivity index (χ1n) is 8.51. The van der Waals surface area contributed by atoms with E-state index in [2.05, 4.69) is 43.4 Å². The maximum absolute atomic E-state index is 6.16. The van der Waals surface area contributed by atoms with Gasteiger partial charge in [0.25, 0.3) is 0 Å². The third kappa shape index (κ3) is 2.83. The van der Waals surface area contributed by atoms with Crippen LogP contribution in [-0.4, -0.2) is 34.7 Å². The fourth-order valence-electron chi connectivity index (χ4n) is 3.83. The average molecular weight is 328 g/mol. The zero-order chi connectivity index (χ0) is 15.9. The molecule has 23 heavy (non-hydrogen) atoms. The predicted molar refractivity (Wildman–Crippen MR) is 98.5 cm³/mol. The van der Waals surface area contributed by atoms with Crippen molar-refractivity contribution < 1.29 is 4.74 Å². The molecule has 2 aromatic rings. The van der Waals surface area contributed by atoms with Crippen LogP contribution in [0.15, 0.2) is 24.3 Å². The minimum Gasteiger partial charge on any atom is -0.381 e. The molecule has 2 unspecified atom stereocenters. The van der Waals surface area contributed by atoms with E-state index in [0.717, 1.165) is 36.4 Å². The molecular weight excluding hydrogens is 304 g/mol. The van der Waals surface area contributed by atoms with E-state index in [1.807, 2.05) is 11.8 Å². The molecule has 0 radical (unpaired) electrons. The first-order chi connectivity index (χ1) is 11.2. The molecular formula is C19H24N2OS. The molecule has 122 valence electrons. The summed E-state index contributed by atoms with van der Waals surface area (Å²) in [5, 5.41) is 5.09. The average Bonchev–Trinajstić information content (AvgIpc) is 2.99. The number of aryl methyl sites for hydroxylation is 1. The monoisotopic (exact) mass is 328 g/mol. The van der Waals surface area contributed by atoms with E-state index < -0.39 is 0 Å². The van der Waals surface area contributed by atoms with E-state index in [1.54, 1.807) is 0 Å². The van der Waals surface area contributed by atoms with Crippen molar-refractivity contribution in [2.45, 2.75) is 44.8 Å². The van der Waals surface area contributed by atoms with Gasteiger partial charge in [-0.2, -0.15) is 11.8 Å². The van der Waals surface area contributed by atoms with Gasteiger partial charge in [0.05, 0.1) is 11.1 Å². The number of ether oxygens (including phenoxy) is 1. The zero-order valence-electron chi connectivity index (χ0n) is 13.9. The largest absolute Gasteiger partial charge is 0.381 e. The summed E-state index contributed by atoms with van der Waals surface area (Å²) in [4.78, 5) is 4.73. The van der Waals surface area contributed by atoms with Crippen LogP contribution >= 0.6 is 11.8 Å². The van der Waals surface area contributed by atoms with Gasteiger partial charge in [-0.25, -0.2) is 0 Å². The molecule has 4 heteroatoms. The van der Waals surface area contributed by atoms with Crippen LogP contribution in [-0.2, 0) is 4.74 Å². The summed E-state index contributed by atoms with van der Waals surface area (Å²) in [6.45, 7) is 5.16. The Kier molecular flexibility index (Phi) is 3.98. The van der Waals surface area contributed by atoms with Crippen LogP contribution in [0.5, 0.6) is 0 Å². The van der Waals surface area contributed by atoms with Gasteiger partial charge in [0.15, 0.2) is 0 Å². The van der Waals surface area contributed by atoms with Crippen molar-refractivity contribution >= 4 is 28.4 Å². The molecule has 1 aromatic carbocycles. The summed E-state index contributed by atoms with van der Waals surface area (Å²) >= 11 is 2.03. The lowest BCUT2D eigenvalue weighted by molar-refractivity contribution is -0.0628. The molecule has 2 atom stereocenters. The normalized spacial score (nSPS) is 27.7. The second-order valence-electron chi connectivity index (χ2n) is 6.88. The predicted octanol–water partition coefficient (Wildman–Crippen LogP) is 4.32. The Morgan fingerprint density at radius 1 is 1.30 bits per heavy atom. The van der Waals surface area contributed by atoms with Gasteiger partial charge in [0.2, 0.25) is 0 Å². The number of pyridine rings is 1. The van der Waals surface area contributed by atoms with Gasteiger partial charge in [-0.15, -0.1) is 0 Å². The summed E-state index contributed by atoms with van der Waals surface area (Å²) in [6.07, 6.45) is 3.40. The Morgan fingerprint density at radius 3 is 3.00 bits per heavy atom. The van der Waals surface area contributed by atoms with Gasteiger partial charge in [0, 0.05) is 35.2 Å². The van der Waals surface area contributed by atoms with Crippen molar-refractivity contribution in [3.05, 3.63) is 35.5 Å². The summed E-state index contributed by atoms with van der Waals surface area (Å²) in [5.74, 6) is 2.39. The number of fused-ring (bicyclic) bond motifs is 1. The third-order valence-corrected chi connectivity index (χ3v) is 6.51. The van der Waals surface area contributed by atoms with Crippen molar-refractivity contribution in [3.63, 3.8) is 0 Å². The highest BCUT2D eigenvalue weighted by Gasteiger charge is 2.40. The number of aromatic nitrogens is 1. The molecule has 0 aliphatic carbocycles. The number of thioether (sulfide) groups is 1.